The lowest BCUT2D eigenvalue weighted by molar-refractivity contribution is -0.127. The summed E-state index contributed by atoms with van der Waals surface area (Å²) in [5.41, 5.74) is 5.41. The summed E-state index contributed by atoms with van der Waals surface area (Å²) in [5, 5.41) is 0. The molecule has 3 heterocycles. The topological polar surface area (TPSA) is 24.9 Å². The third kappa shape index (κ3) is 2.17. The van der Waals surface area contributed by atoms with E-state index in [0.717, 1.165) is 44.0 Å². The number of piperidine rings is 1. The molecule has 4 fully saturated rings. The Morgan fingerprint density at radius 1 is 1.15 bits per heavy atom. The van der Waals surface area contributed by atoms with Crippen LogP contribution in [0.5, 0.6) is 5.75 Å². The van der Waals surface area contributed by atoms with Crippen molar-refractivity contribution in [3.05, 3.63) is 23.3 Å². The SMILES string of the molecule is COc1cc2c(cc1N1CC3(COC3)C1)C[C@H]1C3CCCC[C@]23CCN1C. The first-order chi connectivity index (χ1) is 13.1. The Morgan fingerprint density at radius 2 is 2.00 bits per heavy atom. The summed E-state index contributed by atoms with van der Waals surface area (Å²) in [4.78, 5) is 5.18. The van der Waals surface area contributed by atoms with E-state index in [1.807, 2.05) is 7.11 Å². The van der Waals surface area contributed by atoms with Gasteiger partial charge in [-0.15, -0.1) is 0 Å². The predicted molar refractivity (Wildman–Crippen MR) is 107 cm³/mol. The van der Waals surface area contributed by atoms with Gasteiger partial charge < -0.3 is 19.3 Å². The molecule has 1 aromatic carbocycles. The van der Waals surface area contributed by atoms with Crippen molar-refractivity contribution in [3.8, 4) is 5.75 Å². The van der Waals surface area contributed by atoms with Crippen molar-refractivity contribution in [2.45, 2.75) is 50.0 Å². The van der Waals surface area contributed by atoms with Gasteiger partial charge in [-0.25, -0.2) is 0 Å². The molecular weight excluding hydrogens is 336 g/mol. The van der Waals surface area contributed by atoms with E-state index < -0.39 is 0 Å². The molecule has 146 valence electrons. The Bertz CT molecular complexity index is 766. The molecule has 4 nitrogen and oxygen atoms in total. The summed E-state index contributed by atoms with van der Waals surface area (Å²) in [7, 11) is 4.21. The Kier molecular flexibility index (Phi) is 3.48. The summed E-state index contributed by atoms with van der Waals surface area (Å²) in [5.74, 6) is 1.94. The number of likely N-dealkylation sites (N-methyl/N-ethyl adjacent to an activating group) is 1. The van der Waals surface area contributed by atoms with Gasteiger partial charge >= 0.3 is 0 Å². The zero-order valence-electron chi connectivity index (χ0n) is 16.8. The van der Waals surface area contributed by atoms with Crippen LogP contribution >= 0.6 is 0 Å². The number of benzene rings is 1. The van der Waals surface area contributed by atoms with E-state index in [1.54, 1.807) is 11.1 Å². The lowest BCUT2D eigenvalue weighted by Gasteiger charge is -2.59. The van der Waals surface area contributed by atoms with Crippen LogP contribution in [0.1, 0.15) is 43.2 Å². The fourth-order valence-corrected chi connectivity index (χ4v) is 7.14. The quantitative estimate of drug-likeness (QED) is 0.800. The maximum Gasteiger partial charge on any atom is 0.142 e. The molecule has 6 rings (SSSR count). The van der Waals surface area contributed by atoms with Gasteiger partial charge in [-0.1, -0.05) is 12.8 Å². The second-order valence-electron chi connectivity index (χ2n) is 10.0. The monoisotopic (exact) mass is 368 g/mol. The van der Waals surface area contributed by atoms with Crippen molar-refractivity contribution in [1.29, 1.82) is 0 Å². The van der Waals surface area contributed by atoms with E-state index in [0.29, 0.717) is 10.8 Å². The van der Waals surface area contributed by atoms with Crippen molar-refractivity contribution >= 4 is 5.69 Å². The predicted octanol–water partition coefficient (Wildman–Crippen LogP) is 3.22. The molecule has 2 aliphatic carbocycles. The minimum absolute atomic E-state index is 0.410. The molecule has 4 heteroatoms. The number of anilines is 1. The van der Waals surface area contributed by atoms with Crippen molar-refractivity contribution in [1.82, 2.24) is 4.90 Å². The van der Waals surface area contributed by atoms with Gasteiger partial charge in [0.05, 0.1) is 31.4 Å². The smallest absolute Gasteiger partial charge is 0.142 e. The third-order valence-electron chi connectivity index (χ3n) is 8.62. The lowest BCUT2D eigenvalue weighted by atomic mass is 9.52. The van der Waals surface area contributed by atoms with Crippen LogP contribution in [0.4, 0.5) is 5.69 Å². The standard InChI is InChI=1S/C23H32N2O2/c1-24-8-7-23-6-4-3-5-17(23)19(24)9-16-10-20(21(26-2)11-18(16)23)25-12-22(13-25)14-27-15-22/h10-11,17,19H,3-9,12-15H2,1-2H3/t17?,19-,23+/m0/s1. The maximum atomic E-state index is 5.94. The molecule has 1 spiro atoms. The fourth-order valence-electron chi connectivity index (χ4n) is 7.14. The highest BCUT2D eigenvalue weighted by Gasteiger charge is 2.54. The van der Waals surface area contributed by atoms with Crippen LogP contribution in [0.3, 0.4) is 0 Å². The highest BCUT2D eigenvalue weighted by Crippen LogP contribution is 2.57. The number of ether oxygens (including phenoxy) is 2. The molecule has 3 atom stereocenters. The number of rotatable bonds is 2. The molecule has 0 amide bonds. The normalized spacial score (nSPS) is 36.4. The van der Waals surface area contributed by atoms with Crippen LogP contribution in [0.2, 0.25) is 0 Å². The van der Waals surface area contributed by atoms with Crippen LogP contribution < -0.4 is 9.64 Å². The Balaban J connectivity index is 1.42. The molecule has 5 aliphatic rings. The summed E-state index contributed by atoms with van der Waals surface area (Å²) in [6.07, 6.45) is 8.14. The van der Waals surface area contributed by atoms with Crippen molar-refractivity contribution in [3.63, 3.8) is 0 Å². The lowest BCUT2D eigenvalue weighted by Crippen LogP contribution is -2.66. The van der Waals surface area contributed by atoms with E-state index >= 15 is 0 Å². The van der Waals surface area contributed by atoms with Crippen LogP contribution in [0.25, 0.3) is 0 Å². The number of hydrogen-bond acceptors (Lipinski definition) is 4. The Morgan fingerprint density at radius 3 is 2.74 bits per heavy atom. The number of likely N-dealkylation sites (tertiary alicyclic amines) is 1. The van der Waals surface area contributed by atoms with Crippen LogP contribution in [0.15, 0.2) is 12.1 Å². The van der Waals surface area contributed by atoms with Gasteiger partial charge in [-0.2, -0.15) is 0 Å². The van der Waals surface area contributed by atoms with Gasteiger partial charge in [0.2, 0.25) is 0 Å². The second-order valence-corrected chi connectivity index (χ2v) is 10.0. The summed E-state index contributed by atoms with van der Waals surface area (Å²) >= 11 is 0. The average molecular weight is 369 g/mol. The number of fused-ring (bicyclic) bond motifs is 1. The second kappa shape index (κ2) is 5.64. The summed E-state index contributed by atoms with van der Waals surface area (Å²) in [6.45, 7) is 5.38. The van der Waals surface area contributed by atoms with Gasteiger partial charge in [0, 0.05) is 24.5 Å². The molecular formula is C23H32N2O2. The molecule has 1 unspecified atom stereocenters. The minimum Gasteiger partial charge on any atom is -0.495 e. The molecule has 0 aromatic heterocycles. The molecule has 3 saturated heterocycles. The number of hydrogen-bond donors (Lipinski definition) is 0. The van der Waals surface area contributed by atoms with E-state index in [2.05, 4.69) is 29.0 Å². The van der Waals surface area contributed by atoms with Crippen LogP contribution in [-0.4, -0.2) is 57.9 Å². The van der Waals surface area contributed by atoms with Crippen LogP contribution in [-0.2, 0) is 16.6 Å². The first-order valence-corrected chi connectivity index (χ1v) is 10.9. The first kappa shape index (κ1) is 16.7. The van der Waals surface area contributed by atoms with Gasteiger partial charge in [0.25, 0.3) is 0 Å². The van der Waals surface area contributed by atoms with Crippen molar-refractivity contribution < 1.29 is 9.47 Å². The summed E-state index contributed by atoms with van der Waals surface area (Å²) in [6, 6.07) is 5.68. The molecule has 0 N–H and O–H groups in total. The molecule has 3 aliphatic heterocycles. The van der Waals surface area contributed by atoms with Gasteiger partial charge in [0.1, 0.15) is 5.75 Å². The summed E-state index contributed by atoms with van der Waals surface area (Å²) < 4.78 is 11.4. The molecule has 27 heavy (non-hydrogen) atoms. The van der Waals surface area contributed by atoms with Gasteiger partial charge in [0.15, 0.2) is 0 Å². The molecule has 0 radical (unpaired) electrons. The minimum atomic E-state index is 0.410. The van der Waals surface area contributed by atoms with E-state index in [1.165, 1.54) is 50.8 Å². The fraction of sp³-hybridized carbons (Fsp3) is 0.739. The maximum absolute atomic E-state index is 5.94. The van der Waals surface area contributed by atoms with Gasteiger partial charge in [-0.3, -0.25) is 0 Å². The van der Waals surface area contributed by atoms with E-state index in [-0.39, 0.29) is 0 Å². The zero-order valence-corrected chi connectivity index (χ0v) is 16.8. The van der Waals surface area contributed by atoms with E-state index in [9.17, 15) is 0 Å². The van der Waals surface area contributed by atoms with E-state index in [4.69, 9.17) is 9.47 Å². The zero-order chi connectivity index (χ0) is 18.2. The largest absolute Gasteiger partial charge is 0.495 e. The number of nitrogens with zero attached hydrogens (tertiary/aromatic N) is 2. The van der Waals surface area contributed by atoms with Crippen molar-refractivity contribution in [2.24, 2.45) is 11.3 Å². The van der Waals surface area contributed by atoms with Crippen LogP contribution in [0, 0.1) is 11.3 Å². The first-order valence-electron chi connectivity index (χ1n) is 10.9. The highest BCUT2D eigenvalue weighted by molar-refractivity contribution is 5.66. The average Bonchev–Trinajstić information content (AvgIpc) is 2.62. The molecule has 2 bridgehead atoms. The Hall–Kier alpha value is -1.26. The Labute approximate surface area is 162 Å². The highest BCUT2D eigenvalue weighted by atomic mass is 16.5. The number of methoxy groups -OCH3 is 1. The molecule has 1 aromatic rings. The molecule has 1 saturated carbocycles. The van der Waals surface area contributed by atoms with Crippen molar-refractivity contribution in [2.75, 3.05) is 51.9 Å². The third-order valence-corrected chi connectivity index (χ3v) is 8.62. The van der Waals surface area contributed by atoms with Gasteiger partial charge in [-0.05, 0) is 68.5 Å².